The first kappa shape index (κ1) is 17.8. The van der Waals surface area contributed by atoms with Crippen molar-refractivity contribution in [1.29, 1.82) is 0 Å². The van der Waals surface area contributed by atoms with Crippen LogP contribution in [-0.2, 0) is 9.22 Å². The third-order valence-corrected chi connectivity index (χ3v) is 9.26. The van der Waals surface area contributed by atoms with Crippen molar-refractivity contribution in [1.82, 2.24) is 0 Å². The molecule has 25 heavy (non-hydrogen) atoms. The van der Waals surface area contributed by atoms with Gasteiger partial charge in [0.15, 0.2) is 0 Å². The van der Waals surface area contributed by atoms with Crippen LogP contribution in [-0.4, -0.2) is 14.1 Å². The van der Waals surface area contributed by atoms with Crippen LogP contribution >= 0.6 is 0 Å². The van der Waals surface area contributed by atoms with E-state index < -0.39 is 8.32 Å². The summed E-state index contributed by atoms with van der Waals surface area (Å²) in [6.45, 7) is 11.7. The molecule has 0 aliphatic heterocycles. The topological polar surface area (TPSA) is 26.3 Å². The van der Waals surface area contributed by atoms with E-state index in [4.69, 9.17) is 4.43 Å². The molecule has 140 valence electrons. The molecule has 0 amide bonds. The van der Waals surface area contributed by atoms with Crippen LogP contribution in [0.1, 0.15) is 65.2 Å². The van der Waals surface area contributed by atoms with Crippen LogP contribution in [0, 0.1) is 34.5 Å². The Balaban J connectivity index is 1.58. The number of fused-ring (bicyclic) bond motifs is 5. The second-order valence-corrected chi connectivity index (χ2v) is 15.3. The van der Waals surface area contributed by atoms with Crippen molar-refractivity contribution in [2.45, 2.75) is 84.9 Å². The van der Waals surface area contributed by atoms with Gasteiger partial charge in [-0.1, -0.05) is 13.8 Å². The molecule has 0 bridgehead atoms. The van der Waals surface area contributed by atoms with E-state index in [0.717, 1.165) is 37.5 Å². The average Bonchev–Trinajstić information content (AvgIpc) is 2.82. The fourth-order valence-corrected chi connectivity index (χ4v) is 8.04. The lowest BCUT2D eigenvalue weighted by Crippen LogP contribution is -2.52. The van der Waals surface area contributed by atoms with Crippen LogP contribution in [0.25, 0.3) is 0 Å². The van der Waals surface area contributed by atoms with E-state index in [-0.39, 0.29) is 5.41 Å². The molecule has 4 rings (SSSR count). The number of carbonyl (C=O) groups excluding carboxylic acids is 1. The van der Waals surface area contributed by atoms with E-state index >= 15 is 0 Å². The van der Waals surface area contributed by atoms with Crippen LogP contribution in [0.5, 0.6) is 0 Å². The first-order chi connectivity index (χ1) is 11.6. The molecule has 0 N–H and O–H groups in total. The maximum absolute atomic E-state index is 12.5. The summed E-state index contributed by atoms with van der Waals surface area (Å²) in [6.07, 6.45) is 12.0. The summed E-state index contributed by atoms with van der Waals surface area (Å²) in [7, 11) is -1.50. The lowest BCUT2D eigenvalue weighted by atomic mass is 9.46. The molecule has 0 aromatic rings. The molecule has 3 heteroatoms. The Morgan fingerprint density at radius 2 is 1.76 bits per heavy atom. The fourth-order valence-electron chi connectivity index (χ4n) is 7.08. The molecule has 0 unspecified atom stereocenters. The van der Waals surface area contributed by atoms with Crippen LogP contribution in [0.3, 0.4) is 0 Å². The Morgan fingerprint density at radius 3 is 2.48 bits per heavy atom. The Morgan fingerprint density at radius 1 is 1.00 bits per heavy atom. The summed E-state index contributed by atoms with van der Waals surface area (Å²) in [4.78, 5) is 12.5. The molecule has 6 atom stereocenters. The second kappa shape index (κ2) is 5.71. The van der Waals surface area contributed by atoms with Crippen molar-refractivity contribution in [3.63, 3.8) is 0 Å². The van der Waals surface area contributed by atoms with Gasteiger partial charge in [0.1, 0.15) is 5.78 Å². The smallest absolute Gasteiger partial charge is 0.241 e. The van der Waals surface area contributed by atoms with Gasteiger partial charge in [0, 0.05) is 18.3 Å². The minimum absolute atomic E-state index is 0.0149. The highest BCUT2D eigenvalue weighted by molar-refractivity contribution is 6.70. The summed E-state index contributed by atoms with van der Waals surface area (Å²) < 4.78 is 6.36. The number of allylic oxidation sites excluding steroid dienone is 2. The zero-order valence-electron chi connectivity index (χ0n) is 16.9. The Kier molecular flexibility index (Phi) is 4.07. The standard InChI is InChI=1S/C22H36O2Si/c1-21-12-10-16(24-25(3,4)5)14-15(21)6-7-17-18-8-9-20(23)22(18,2)13-11-19(17)21/h14-15,17-19H,6-13H2,1-5H3/t15-,17-,18-,19-,21-,22-/m0/s1. The van der Waals surface area contributed by atoms with Gasteiger partial charge < -0.3 is 4.43 Å². The highest BCUT2D eigenvalue weighted by atomic mass is 28.4. The van der Waals surface area contributed by atoms with Gasteiger partial charge in [-0.05, 0) is 93.3 Å². The molecule has 2 nitrogen and oxygen atoms in total. The third-order valence-electron chi connectivity index (χ3n) is 8.39. The molecule has 0 aromatic heterocycles. The van der Waals surface area contributed by atoms with Crippen LogP contribution < -0.4 is 0 Å². The van der Waals surface area contributed by atoms with E-state index in [1.165, 1.54) is 31.4 Å². The number of rotatable bonds is 2. The van der Waals surface area contributed by atoms with E-state index in [9.17, 15) is 4.79 Å². The number of hydrogen-bond donors (Lipinski definition) is 0. The van der Waals surface area contributed by atoms with Crippen molar-refractivity contribution < 1.29 is 9.22 Å². The molecule has 0 saturated heterocycles. The molecule has 4 aliphatic carbocycles. The molecular weight excluding hydrogens is 324 g/mol. The predicted molar refractivity (Wildman–Crippen MR) is 105 cm³/mol. The van der Waals surface area contributed by atoms with Crippen molar-refractivity contribution in [3.05, 3.63) is 11.8 Å². The minimum atomic E-state index is -1.50. The number of Topliss-reactive ketones (excluding diaryl/α,β-unsaturated/α-hetero) is 1. The monoisotopic (exact) mass is 360 g/mol. The van der Waals surface area contributed by atoms with Gasteiger partial charge in [0.25, 0.3) is 0 Å². The second-order valence-electron chi connectivity index (χ2n) is 10.8. The minimum Gasteiger partial charge on any atom is -0.548 e. The largest absolute Gasteiger partial charge is 0.548 e. The Hall–Kier alpha value is -0.573. The Bertz CT molecular complexity index is 604. The highest BCUT2D eigenvalue weighted by Gasteiger charge is 2.59. The molecule has 0 spiro atoms. The van der Waals surface area contributed by atoms with Crippen molar-refractivity contribution in [3.8, 4) is 0 Å². The normalized spacial score (nSPS) is 46.8. The molecule has 3 saturated carbocycles. The maximum atomic E-state index is 12.5. The molecule has 0 heterocycles. The molecular formula is C22H36O2Si. The van der Waals surface area contributed by atoms with Gasteiger partial charge in [-0.25, -0.2) is 0 Å². The van der Waals surface area contributed by atoms with E-state index in [1.54, 1.807) is 0 Å². The summed E-state index contributed by atoms with van der Waals surface area (Å²) >= 11 is 0. The van der Waals surface area contributed by atoms with Gasteiger partial charge in [-0.2, -0.15) is 0 Å². The zero-order chi connectivity index (χ0) is 18.0. The lowest BCUT2D eigenvalue weighted by Gasteiger charge is -2.58. The quantitative estimate of drug-likeness (QED) is 0.569. The van der Waals surface area contributed by atoms with Gasteiger partial charge in [0.05, 0.1) is 5.76 Å². The van der Waals surface area contributed by atoms with E-state index in [1.807, 2.05) is 0 Å². The summed E-state index contributed by atoms with van der Waals surface area (Å²) in [5, 5.41) is 0. The fraction of sp³-hybridized carbons (Fsp3) is 0.864. The SMILES string of the molecule is C[C@]12CCC(O[Si](C)(C)C)=C[C@@H]1CC[C@@H]1[C@@H]2CC[C@]2(C)C(=O)CC[C@@H]12. The highest BCUT2D eigenvalue weighted by Crippen LogP contribution is 2.65. The molecule has 0 aromatic carbocycles. The Labute approximate surface area is 154 Å². The van der Waals surface area contributed by atoms with Crippen LogP contribution in [0.2, 0.25) is 19.6 Å². The summed E-state index contributed by atoms with van der Waals surface area (Å²) in [5.74, 6) is 4.82. The molecule has 3 fully saturated rings. The van der Waals surface area contributed by atoms with Crippen LogP contribution in [0.4, 0.5) is 0 Å². The number of hydrogen-bond acceptors (Lipinski definition) is 2. The van der Waals surface area contributed by atoms with Gasteiger partial charge in [0.2, 0.25) is 8.32 Å². The first-order valence-electron chi connectivity index (χ1n) is 10.6. The van der Waals surface area contributed by atoms with Gasteiger partial charge in [-0.15, -0.1) is 0 Å². The lowest BCUT2D eigenvalue weighted by molar-refractivity contribution is -0.135. The van der Waals surface area contributed by atoms with E-state index in [0.29, 0.717) is 23.0 Å². The van der Waals surface area contributed by atoms with Gasteiger partial charge in [-0.3, -0.25) is 4.79 Å². The first-order valence-corrected chi connectivity index (χ1v) is 14.0. The maximum Gasteiger partial charge on any atom is 0.241 e. The van der Waals surface area contributed by atoms with E-state index in [2.05, 4.69) is 39.6 Å². The zero-order valence-corrected chi connectivity index (χ0v) is 17.9. The predicted octanol–water partition coefficient (Wildman–Crippen LogP) is 5.94. The van der Waals surface area contributed by atoms with Crippen LogP contribution in [0.15, 0.2) is 11.8 Å². The van der Waals surface area contributed by atoms with Gasteiger partial charge >= 0.3 is 0 Å². The average molecular weight is 361 g/mol. The number of ketones is 1. The van der Waals surface area contributed by atoms with Crippen molar-refractivity contribution in [2.75, 3.05) is 0 Å². The van der Waals surface area contributed by atoms with Crippen molar-refractivity contribution in [2.24, 2.45) is 34.5 Å². The summed E-state index contributed by atoms with van der Waals surface area (Å²) in [6, 6.07) is 0. The molecule has 4 aliphatic rings. The van der Waals surface area contributed by atoms with Crippen molar-refractivity contribution >= 4 is 14.1 Å². The molecule has 0 radical (unpaired) electrons. The third kappa shape index (κ3) is 2.76. The number of carbonyl (C=O) groups is 1. The summed E-state index contributed by atoms with van der Waals surface area (Å²) in [5.41, 5.74) is 0.448.